The second kappa shape index (κ2) is 10.8. The third-order valence-electron chi connectivity index (χ3n) is 8.96. The summed E-state index contributed by atoms with van der Waals surface area (Å²) in [5.74, 6) is 0. The molecule has 0 radical (unpaired) electrons. The number of aromatic nitrogens is 1. The van der Waals surface area contributed by atoms with Crippen LogP contribution in [0.15, 0.2) is 151 Å². The van der Waals surface area contributed by atoms with Crippen LogP contribution >= 0.6 is 0 Å². The Morgan fingerprint density at radius 2 is 1.27 bits per heavy atom. The van der Waals surface area contributed by atoms with Gasteiger partial charge >= 0.3 is 0 Å². The van der Waals surface area contributed by atoms with Crippen molar-refractivity contribution >= 4 is 28.5 Å². The highest BCUT2D eigenvalue weighted by Crippen LogP contribution is 2.42. The fourth-order valence-electron chi connectivity index (χ4n) is 6.80. The molecule has 44 heavy (non-hydrogen) atoms. The van der Waals surface area contributed by atoms with E-state index in [0.717, 1.165) is 28.8 Å². The number of fused-ring (bicyclic) bond motifs is 6. The number of hydrogen-bond acceptors (Lipinski definition) is 3. The number of nitrogens with one attached hydrogen (secondary N) is 2. The lowest BCUT2D eigenvalue weighted by Gasteiger charge is -2.32. The minimum atomic E-state index is -0.814. The van der Waals surface area contributed by atoms with Crippen LogP contribution in [0.2, 0.25) is 0 Å². The van der Waals surface area contributed by atoms with Crippen molar-refractivity contribution in [3.8, 4) is 16.8 Å². The first-order valence-corrected chi connectivity index (χ1v) is 15.1. The summed E-state index contributed by atoms with van der Waals surface area (Å²) in [4.78, 5) is 4.61. The molecule has 1 heterocycles. The van der Waals surface area contributed by atoms with Crippen molar-refractivity contribution in [1.29, 1.82) is 0 Å². The van der Waals surface area contributed by atoms with Crippen LogP contribution in [0.3, 0.4) is 0 Å². The molecular formula is C40H32N4. The van der Waals surface area contributed by atoms with Crippen molar-refractivity contribution < 1.29 is 0 Å². The van der Waals surface area contributed by atoms with Crippen molar-refractivity contribution in [2.24, 2.45) is 4.99 Å². The zero-order chi connectivity index (χ0) is 29.5. The number of rotatable bonds is 8. The van der Waals surface area contributed by atoms with E-state index in [1.165, 1.54) is 44.1 Å². The van der Waals surface area contributed by atoms with Crippen LogP contribution < -0.4 is 10.9 Å². The fraction of sp³-hybridized carbons (Fsp3) is 0.0750. The average molecular weight is 569 g/mol. The van der Waals surface area contributed by atoms with Gasteiger partial charge in [0.15, 0.2) is 5.66 Å². The van der Waals surface area contributed by atoms with E-state index in [2.05, 4.69) is 136 Å². The van der Waals surface area contributed by atoms with E-state index in [-0.39, 0.29) is 0 Å². The molecule has 7 aromatic rings. The predicted molar refractivity (Wildman–Crippen MR) is 182 cm³/mol. The highest BCUT2D eigenvalue weighted by Gasteiger charge is 2.32. The van der Waals surface area contributed by atoms with E-state index in [1.807, 2.05) is 36.4 Å². The van der Waals surface area contributed by atoms with E-state index in [9.17, 15) is 0 Å². The normalized spacial score (nSPS) is 12.4. The van der Waals surface area contributed by atoms with Gasteiger partial charge in [0.25, 0.3) is 0 Å². The van der Waals surface area contributed by atoms with Crippen LogP contribution in [0.5, 0.6) is 0 Å². The van der Waals surface area contributed by atoms with Gasteiger partial charge in [-0.2, -0.15) is 0 Å². The van der Waals surface area contributed by atoms with Crippen LogP contribution in [-0.4, -0.2) is 11.3 Å². The zero-order valence-electron chi connectivity index (χ0n) is 24.4. The Kier molecular flexibility index (Phi) is 6.45. The summed E-state index contributed by atoms with van der Waals surface area (Å²) in [5.41, 5.74) is 18.5. The van der Waals surface area contributed by atoms with Crippen molar-refractivity contribution in [2.45, 2.75) is 18.6 Å². The van der Waals surface area contributed by atoms with Gasteiger partial charge in [-0.1, -0.05) is 115 Å². The minimum Gasteiger partial charge on any atom is -0.309 e. The van der Waals surface area contributed by atoms with Gasteiger partial charge in [0.1, 0.15) is 0 Å². The third-order valence-corrected chi connectivity index (χ3v) is 8.96. The van der Waals surface area contributed by atoms with Crippen LogP contribution in [-0.2, 0) is 18.6 Å². The van der Waals surface area contributed by atoms with E-state index >= 15 is 0 Å². The van der Waals surface area contributed by atoms with Gasteiger partial charge in [-0.25, -0.2) is 5.43 Å². The first-order chi connectivity index (χ1) is 21.7. The molecule has 1 aromatic heterocycles. The lowest BCUT2D eigenvalue weighted by Crippen LogP contribution is -2.49. The molecule has 0 bridgehead atoms. The monoisotopic (exact) mass is 568 g/mol. The van der Waals surface area contributed by atoms with E-state index in [1.54, 1.807) is 0 Å². The van der Waals surface area contributed by atoms with Crippen molar-refractivity contribution in [2.75, 3.05) is 0 Å². The summed E-state index contributed by atoms with van der Waals surface area (Å²) in [5, 5.41) is 2.57. The minimum absolute atomic E-state index is 0.621. The number of aliphatic imine (C=N–C) groups is 1. The van der Waals surface area contributed by atoms with Crippen LogP contribution in [0, 0.1) is 0 Å². The van der Waals surface area contributed by atoms with Crippen molar-refractivity contribution in [3.63, 3.8) is 0 Å². The van der Waals surface area contributed by atoms with Crippen LogP contribution in [0.25, 0.3) is 38.6 Å². The zero-order valence-corrected chi connectivity index (χ0v) is 24.4. The molecule has 4 heteroatoms. The molecule has 0 amide bonds. The summed E-state index contributed by atoms with van der Waals surface area (Å²) in [6, 6.07) is 51.6. The Labute approximate surface area is 257 Å². The van der Waals surface area contributed by atoms with Gasteiger partial charge in [-0.15, -0.1) is 0 Å². The number of hydrogen-bond donors (Lipinski definition) is 2. The van der Waals surface area contributed by atoms with Gasteiger partial charge in [0, 0.05) is 23.0 Å². The summed E-state index contributed by atoms with van der Waals surface area (Å²) in [6.07, 6.45) is 0.980. The van der Waals surface area contributed by atoms with Gasteiger partial charge in [0.2, 0.25) is 0 Å². The maximum atomic E-state index is 4.61. The van der Waals surface area contributed by atoms with Gasteiger partial charge in [0.05, 0.1) is 11.0 Å². The van der Waals surface area contributed by atoms with E-state index in [4.69, 9.17) is 0 Å². The average Bonchev–Trinajstić information content (AvgIpc) is 3.62. The molecule has 1 aliphatic rings. The molecule has 0 fully saturated rings. The molecule has 1 aliphatic carbocycles. The Morgan fingerprint density at radius 1 is 0.614 bits per heavy atom. The Hall–Kier alpha value is -5.29. The smallest absolute Gasteiger partial charge is 0.173 e. The maximum absolute atomic E-state index is 4.61. The lowest BCUT2D eigenvalue weighted by atomic mass is 9.92. The van der Waals surface area contributed by atoms with Gasteiger partial charge < -0.3 is 4.57 Å². The molecule has 0 atom stereocenters. The second-order valence-corrected chi connectivity index (χ2v) is 11.5. The number of nitrogens with zero attached hydrogens (tertiary/aromatic N) is 2. The summed E-state index contributed by atoms with van der Waals surface area (Å²) in [7, 11) is 0. The molecule has 0 spiro atoms. The SMILES string of the molecule is C=NC(NNCc1ccc(-n2c3ccccc3c3cc4c(cc32)Cc2ccccc2-4)cc1)(c1ccccc1)c1ccccc1. The molecule has 8 rings (SSSR count). The van der Waals surface area contributed by atoms with E-state index < -0.39 is 5.66 Å². The van der Waals surface area contributed by atoms with Crippen LogP contribution in [0.1, 0.15) is 27.8 Å². The van der Waals surface area contributed by atoms with Gasteiger partial charge in [-0.3, -0.25) is 10.4 Å². The highest BCUT2D eigenvalue weighted by atomic mass is 15.4. The quantitative estimate of drug-likeness (QED) is 0.142. The Bertz CT molecular complexity index is 2090. The molecule has 0 unspecified atom stereocenters. The lowest BCUT2D eigenvalue weighted by molar-refractivity contribution is 0.350. The topological polar surface area (TPSA) is 41.4 Å². The molecule has 0 saturated heterocycles. The molecule has 0 saturated carbocycles. The Morgan fingerprint density at radius 3 is 2.00 bits per heavy atom. The van der Waals surface area contributed by atoms with Crippen molar-refractivity contribution in [3.05, 3.63) is 173 Å². The summed E-state index contributed by atoms with van der Waals surface area (Å²) >= 11 is 0. The third kappa shape index (κ3) is 4.27. The largest absolute Gasteiger partial charge is 0.309 e. The molecule has 2 N–H and O–H groups in total. The highest BCUT2D eigenvalue weighted by molar-refractivity contribution is 6.11. The molecular weight excluding hydrogens is 536 g/mol. The molecule has 0 aliphatic heterocycles. The number of benzene rings is 6. The van der Waals surface area contributed by atoms with Gasteiger partial charge in [-0.05, 0) is 82.4 Å². The van der Waals surface area contributed by atoms with Crippen LogP contribution in [0.4, 0.5) is 0 Å². The number of para-hydroxylation sites is 1. The molecule has 212 valence electrons. The number of hydrazine groups is 1. The van der Waals surface area contributed by atoms with E-state index in [0.29, 0.717) is 6.54 Å². The first kappa shape index (κ1) is 26.3. The predicted octanol–water partition coefficient (Wildman–Crippen LogP) is 8.55. The standard InChI is InChI=1S/C40H32N4/c1-41-40(31-13-4-2-5-14-31,32-15-6-3-7-16-32)43-42-27-28-20-22-33(23-21-28)44-38-19-11-10-18-35(38)37-26-36-30(25-39(37)44)24-29-12-8-9-17-34(29)36/h2-23,25-26,42-43H,1,24,27H2. The summed E-state index contributed by atoms with van der Waals surface area (Å²) in [6.45, 7) is 4.60. The Balaban J connectivity index is 1.10. The first-order valence-electron chi connectivity index (χ1n) is 15.1. The maximum Gasteiger partial charge on any atom is 0.173 e. The van der Waals surface area contributed by atoms with Crippen molar-refractivity contribution in [1.82, 2.24) is 15.4 Å². The fourth-order valence-corrected chi connectivity index (χ4v) is 6.80. The molecule has 4 nitrogen and oxygen atoms in total. The second-order valence-electron chi connectivity index (χ2n) is 11.5. The molecule has 6 aromatic carbocycles. The summed E-state index contributed by atoms with van der Waals surface area (Å²) < 4.78 is 2.40.